The average Bonchev–Trinajstić information content (AvgIpc) is 3.21. The van der Waals surface area contributed by atoms with Gasteiger partial charge in [0.1, 0.15) is 5.75 Å². The molecular weight excluding hydrogens is 414 g/mol. The quantitative estimate of drug-likeness (QED) is 0.517. The molecule has 0 radical (unpaired) electrons. The number of aromatic nitrogens is 2. The summed E-state index contributed by atoms with van der Waals surface area (Å²) in [5.41, 5.74) is 3.13. The van der Waals surface area contributed by atoms with Crippen molar-refractivity contribution in [3.05, 3.63) is 59.8 Å². The molecule has 4 rings (SSSR count). The molecular formula is C23H26ClN5O2. The number of rotatable bonds is 6. The zero-order valence-corrected chi connectivity index (χ0v) is 18.2. The second-order valence-corrected chi connectivity index (χ2v) is 8.08. The van der Waals surface area contributed by atoms with Crippen LogP contribution in [0.1, 0.15) is 12.8 Å². The molecule has 1 saturated heterocycles. The van der Waals surface area contributed by atoms with Gasteiger partial charge in [-0.15, -0.1) is 0 Å². The maximum Gasteiger partial charge on any atom is 0.323 e. The first-order chi connectivity index (χ1) is 15.1. The number of nitrogens with one attached hydrogen (secondary N) is 3. The third kappa shape index (κ3) is 5.57. The third-order valence-corrected chi connectivity index (χ3v) is 5.62. The molecule has 8 heteroatoms. The van der Waals surface area contributed by atoms with Gasteiger partial charge in [-0.25, -0.2) is 4.79 Å². The molecule has 3 N–H and O–H groups in total. The molecule has 162 valence electrons. The highest BCUT2D eigenvalue weighted by Gasteiger charge is 2.17. The minimum Gasteiger partial charge on any atom is -0.493 e. The topological polar surface area (TPSA) is 80.2 Å². The van der Waals surface area contributed by atoms with Crippen LogP contribution in [-0.2, 0) is 7.05 Å². The Labute approximate surface area is 186 Å². The molecule has 0 saturated carbocycles. The van der Waals surface area contributed by atoms with Crippen molar-refractivity contribution in [1.29, 1.82) is 0 Å². The summed E-state index contributed by atoms with van der Waals surface area (Å²) in [5.74, 6) is 1.33. The zero-order valence-electron chi connectivity index (χ0n) is 17.4. The molecule has 0 unspecified atom stereocenters. The number of carbonyl (C=O) groups is 1. The molecule has 3 aromatic rings. The predicted molar refractivity (Wildman–Crippen MR) is 124 cm³/mol. The summed E-state index contributed by atoms with van der Waals surface area (Å²) in [6, 6.07) is 14.2. The number of carbonyl (C=O) groups excluding carboxylic acids is 1. The standard InChI is InChI=1S/C23H26ClN5O2/c1-29-21(10-13-26-29)20-14-19(28-23(30)27-18-4-2-17(24)3-5-18)6-7-22(20)31-15-16-8-11-25-12-9-16/h2-7,10,13-14,16,25H,8-9,11-12,15H2,1H3,(H2,27,28,30). The van der Waals surface area contributed by atoms with Gasteiger partial charge in [0.2, 0.25) is 0 Å². The Bertz CT molecular complexity index is 1030. The number of nitrogens with zero attached hydrogens (tertiary/aromatic N) is 2. The first-order valence-corrected chi connectivity index (χ1v) is 10.8. The molecule has 0 spiro atoms. The normalized spacial score (nSPS) is 14.3. The fraction of sp³-hybridized carbons (Fsp3) is 0.304. The van der Waals surface area contributed by atoms with Crippen molar-refractivity contribution >= 4 is 29.0 Å². The molecule has 0 bridgehead atoms. The van der Waals surface area contributed by atoms with Gasteiger partial charge in [0, 0.05) is 35.2 Å². The summed E-state index contributed by atoms with van der Waals surface area (Å²) >= 11 is 5.90. The van der Waals surface area contributed by atoms with Crippen molar-refractivity contribution < 1.29 is 9.53 Å². The van der Waals surface area contributed by atoms with Crippen LogP contribution in [0.5, 0.6) is 5.75 Å². The van der Waals surface area contributed by atoms with E-state index in [-0.39, 0.29) is 6.03 Å². The molecule has 2 amide bonds. The van der Waals surface area contributed by atoms with Crippen LogP contribution in [0.15, 0.2) is 54.7 Å². The number of halogens is 1. The van der Waals surface area contributed by atoms with Gasteiger partial charge in [0.15, 0.2) is 0 Å². The Balaban J connectivity index is 1.50. The fourth-order valence-corrected chi connectivity index (χ4v) is 3.78. The molecule has 2 heterocycles. The maximum atomic E-state index is 12.4. The van der Waals surface area contributed by atoms with Crippen molar-refractivity contribution in [2.75, 3.05) is 30.3 Å². The summed E-state index contributed by atoms with van der Waals surface area (Å²) in [6.07, 6.45) is 3.98. The average molecular weight is 440 g/mol. The summed E-state index contributed by atoms with van der Waals surface area (Å²) in [5, 5.41) is 14.0. The molecule has 31 heavy (non-hydrogen) atoms. The summed E-state index contributed by atoms with van der Waals surface area (Å²) in [6.45, 7) is 2.75. The molecule has 0 atom stereocenters. The van der Waals surface area contributed by atoms with Crippen molar-refractivity contribution in [2.24, 2.45) is 13.0 Å². The number of piperidine rings is 1. The predicted octanol–water partition coefficient (Wildman–Crippen LogP) is 4.76. The summed E-state index contributed by atoms with van der Waals surface area (Å²) < 4.78 is 8.01. The van der Waals surface area contributed by atoms with E-state index in [1.165, 1.54) is 0 Å². The van der Waals surface area contributed by atoms with Crippen molar-refractivity contribution in [3.63, 3.8) is 0 Å². The number of benzene rings is 2. The largest absolute Gasteiger partial charge is 0.493 e. The fourth-order valence-electron chi connectivity index (χ4n) is 3.65. The van der Waals surface area contributed by atoms with E-state index in [1.54, 1.807) is 35.1 Å². The van der Waals surface area contributed by atoms with Gasteiger partial charge in [-0.2, -0.15) is 5.10 Å². The van der Waals surface area contributed by atoms with E-state index < -0.39 is 0 Å². The van der Waals surface area contributed by atoms with Gasteiger partial charge in [0.05, 0.1) is 12.3 Å². The number of ether oxygens (including phenoxy) is 1. The van der Waals surface area contributed by atoms with Crippen LogP contribution in [0.25, 0.3) is 11.3 Å². The van der Waals surface area contributed by atoms with Crippen LogP contribution >= 0.6 is 11.6 Å². The van der Waals surface area contributed by atoms with Crippen LogP contribution in [-0.4, -0.2) is 35.5 Å². The molecule has 1 aliphatic heterocycles. The minimum absolute atomic E-state index is 0.332. The van der Waals surface area contributed by atoms with Crippen LogP contribution < -0.4 is 20.7 Å². The number of aryl methyl sites for hydroxylation is 1. The van der Waals surface area contributed by atoms with Crippen molar-refractivity contribution in [1.82, 2.24) is 15.1 Å². The van der Waals surface area contributed by atoms with E-state index in [0.29, 0.717) is 28.9 Å². The Morgan fingerprint density at radius 3 is 2.55 bits per heavy atom. The number of urea groups is 1. The van der Waals surface area contributed by atoms with Gasteiger partial charge in [-0.05, 0) is 80.4 Å². The monoisotopic (exact) mass is 439 g/mol. The minimum atomic E-state index is -0.332. The second kappa shape index (κ2) is 9.85. The lowest BCUT2D eigenvalue weighted by atomic mass is 9.99. The first-order valence-electron chi connectivity index (χ1n) is 10.4. The number of amides is 2. The van der Waals surface area contributed by atoms with Crippen molar-refractivity contribution in [2.45, 2.75) is 12.8 Å². The highest BCUT2D eigenvalue weighted by molar-refractivity contribution is 6.30. The molecule has 1 fully saturated rings. The van der Waals surface area contributed by atoms with E-state index in [1.807, 2.05) is 31.3 Å². The zero-order chi connectivity index (χ0) is 21.6. The molecule has 1 aromatic heterocycles. The lowest BCUT2D eigenvalue weighted by molar-refractivity contribution is 0.216. The van der Waals surface area contributed by atoms with E-state index in [2.05, 4.69) is 21.0 Å². The Morgan fingerprint density at radius 1 is 1.13 bits per heavy atom. The Hall–Kier alpha value is -3.03. The molecule has 2 aromatic carbocycles. The van der Waals surface area contributed by atoms with Crippen molar-refractivity contribution in [3.8, 4) is 17.0 Å². The van der Waals surface area contributed by atoms with Crippen LogP contribution in [0.2, 0.25) is 5.02 Å². The molecule has 7 nitrogen and oxygen atoms in total. The van der Waals surface area contributed by atoms with Gasteiger partial charge in [-0.1, -0.05) is 11.6 Å². The van der Waals surface area contributed by atoms with Gasteiger partial charge in [-0.3, -0.25) is 4.68 Å². The first kappa shape index (κ1) is 21.2. The van der Waals surface area contributed by atoms with Crippen LogP contribution in [0, 0.1) is 5.92 Å². The van der Waals surface area contributed by atoms with Gasteiger partial charge in [0.25, 0.3) is 0 Å². The SMILES string of the molecule is Cn1nccc1-c1cc(NC(=O)Nc2ccc(Cl)cc2)ccc1OCC1CCNCC1. The maximum absolute atomic E-state index is 12.4. The summed E-state index contributed by atoms with van der Waals surface area (Å²) in [4.78, 5) is 12.4. The highest BCUT2D eigenvalue weighted by Crippen LogP contribution is 2.33. The third-order valence-electron chi connectivity index (χ3n) is 5.37. The van der Waals surface area contributed by atoms with E-state index in [0.717, 1.165) is 42.9 Å². The Kier molecular flexibility index (Phi) is 6.74. The molecule has 0 aliphatic carbocycles. The van der Waals surface area contributed by atoms with Crippen LogP contribution in [0.4, 0.5) is 16.2 Å². The lowest BCUT2D eigenvalue weighted by Gasteiger charge is -2.23. The summed E-state index contributed by atoms with van der Waals surface area (Å²) in [7, 11) is 1.89. The van der Waals surface area contributed by atoms with E-state index in [4.69, 9.17) is 16.3 Å². The molecule has 1 aliphatic rings. The van der Waals surface area contributed by atoms with E-state index in [9.17, 15) is 4.79 Å². The number of anilines is 2. The Morgan fingerprint density at radius 2 is 1.84 bits per heavy atom. The second-order valence-electron chi connectivity index (χ2n) is 7.64. The van der Waals surface area contributed by atoms with E-state index >= 15 is 0 Å². The van der Waals surface area contributed by atoms with Gasteiger partial charge >= 0.3 is 6.03 Å². The van der Waals surface area contributed by atoms with Gasteiger partial charge < -0.3 is 20.7 Å². The smallest absolute Gasteiger partial charge is 0.323 e. The highest BCUT2D eigenvalue weighted by atomic mass is 35.5. The number of hydrogen-bond acceptors (Lipinski definition) is 4. The van der Waals surface area contributed by atoms with Crippen LogP contribution in [0.3, 0.4) is 0 Å². The number of hydrogen-bond donors (Lipinski definition) is 3. The lowest BCUT2D eigenvalue weighted by Crippen LogP contribution is -2.30.